The van der Waals surface area contributed by atoms with E-state index in [0.717, 1.165) is 51.4 Å². The number of hydrogen-bond acceptors (Lipinski definition) is 8. The van der Waals surface area contributed by atoms with E-state index >= 15 is 0 Å². The molecule has 0 radical (unpaired) electrons. The van der Waals surface area contributed by atoms with Crippen LogP contribution in [0.25, 0.3) is 0 Å². The lowest BCUT2D eigenvalue weighted by Crippen LogP contribution is -2.29. The second kappa shape index (κ2) is 50.4. The molecule has 8 N–H and O–H groups in total. The van der Waals surface area contributed by atoms with Gasteiger partial charge in [0.15, 0.2) is 0 Å². The highest BCUT2D eigenvalue weighted by Gasteiger charge is 2.07. The minimum absolute atomic E-state index is 0.250. The number of aliphatic hydroxyl groups excluding tert-OH is 1. The summed E-state index contributed by atoms with van der Waals surface area (Å²) >= 11 is 0. The second-order valence-electron chi connectivity index (χ2n) is 12.9. The minimum atomic E-state index is 0.250. The molecular formula is C43H72N4O7. The first kappa shape index (κ1) is 58.6. The summed E-state index contributed by atoms with van der Waals surface area (Å²) in [5, 5.41) is 11.8. The number of ether oxygens (including phenoxy) is 1. The number of unbranched alkanes of at least 4 members (excludes halogenated alkanes) is 6. The molecule has 3 amide bonds. The Bertz CT molecular complexity index is 1130. The summed E-state index contributed by atoms with van der Waals surface area (Å²) in [5.74, 6) is 0. The van der Waals surface area contributed by atoms with Gasteiger partial charge in [0.1, 0.15) is 13.1 Å². The summed E-state index contributed by atoms with van der Waals surface area (Å²) in [4.78, 5) is 43.7. The quantitative estimate of drug-likeness (QED) is 0.0804. The van der Waals surface area contributed by atoms with Crippen molar-refractivity contribution in [2.24, 2.45) is 22.6 Å². The van der Waals surface area contributed by atoms with Crippen molar-refractivity contribution in [3.63, 3.8) is 0 Å². The van der Waals surface area contributed by atoms with Crippen LogP contribution in [0, 0.1) is 12.3 Å². The molecule has 3 aromatic carbocycles. The number of likely N-dealkylation sites (N-methyl/N-ethyl adjacent to an activating group) is 1. The van der Waals surface area contributed by atoms with Crippen LogP contribution in [0.3, 0.4) is 0 Å². The van der Waals surface area contributed by atoms with E-state index < -0.39 is 0 Å². The molecule has 0 saturated heterocycles. The number of rotatable bonds is 16. The zero-order chi connectivity index (χ0) is 42.1. The maximum absolute atomic E-state index is 9.91. The van der Waals surface area contributed by atoms with Crippen molar-refractivity contribution in [3.05, 3.63) is 108 Å². The van der Waals surface area contributed by atoms with Gasteiger partial charge in [-0.25, -0.2) is 0 Å². The van der Waals surface area contributed by atoms with Gasteiger partial charge in [0.25, 0.3) is 0 Å². The fourth-order valence-electron chi connectivity index (χ4n) is 3.82. The molecular weight excluding hydrogens is 684 g/mol. The summed E-state index contributed by atoms with van der Waals surface area (Å²) in [7, 11) is 2.02. The van der Waals surface area contributed by atoms with E-state index in [1.165, 1.54) is 29.5 Å². The van der Waals surface area contributed by atoms with Gasteiger partial charge in [0.05, 0.1) is 6.61 Å². The van der Waals surface area contributed by atoms with Crippen molar-refractivity contribution in [1.82, 2.24) is 5.32 Å². The Morgan fingerprint density at radius 2 is 1.06 bits per heavy atom. The lowest BCUT2D eigenvalue weighted by molar-refractivity contribution is -0.108. The van der Waals surface area contributed by atoms with Crippen LogP contribution in [0.2, 0.25) is 0 Å². The lowest BCUT2D eigenvalue weighted by atomic mass is 10.0. The summed E-state index contributed by atoms with van der Waals surface area (Å²) in [6.45, 7) is 14.6. The lowest BCUT2D eigenvalue weighted by Gasteiger charge is -2.16. The maximum atomic E-state index is 9.91. The van der Waals surface area contributed by atoms with Gasteiger partial charge in [-0.3, -0.25) is 14.4 Å². The number of aliphatic hydroxyl groups is 1. The van der Waals surface area contributed by atoms with E-state index in [1.54, 1.807) is 0 Å². The first-order chi connectivity index (χ1) is 25.9. The van der Waals surface area contributed by atoms with E-state index in [0.29, 0.717) is 31.1 Å². The molecule has 0 heterocycles. The first-order valence-electron chi connectivity index (χ1n) is 18.1. The Labute approximate surface area is 326 Å². The van der Waals surface area contributed by atoms with E-state index in [-0.39, 0.29) is 19.2 Å². The third kappa shape index (κ3) is 62.4. The molecule has 3 aromatic rings. The Balaban J connectivity index is -0.000000199. The Kier molecular flexibility index (Phi) is 54.7. The third-order valence-electron chi connectivity index (χ3n) is 6.13. The predicted octanol–water partition coefficient (Wildman–Crippen LogP) is 6.50. The molecule has 54 heavy (non-hydrogen) atoms. The molecule has 11 nitrogen and oxygen atoms in total. The van der Waals surface area contributed by atoms with Gasteiger partial charge < -0.3 is 42.0 Å². The largest absolute Gasteiger partial charge is 0.396 e. The number of nitrogens with two attached hydrogens (primary N) is 3. The molecule has 3 rings (SSSR count). The maximum Gasteiger partial charge on any atom is 0.204 e. The van der Waals surface area contributed by atoms with Crippen molar-refractivity contribution in [2.45, 2.75) is 105 Å². The number of amides is 3. The summed E-state index contributed by atoms with van der Waals surface area (Å²) in [6, 6.07) is 31.6. The molecule has 306 valence electrons. The number of hydrogen-bond donors (Lipinski definition) is 5. The zero-order valence-electron chi connectivity index (χ0n) is 33.9. The normalized spacial score (nSPS) is 9.54. The van der Waals surface area contributed by atoms with E-state index in [4.69, 9.17) is 29.0 Å². The Morgan fingerprint density at radius 3 is 1.41 bits per heavy atom. The number of aldehydes is 1. The van der Waals surface area contributed by atoms with Gasteiger partial charge >= 0.3 is 0 Å². The second-order valence-corrected chi connectivity index (χ2v) is 12.9. The number of nitrogens with one attached hydrogen (secondary N) is 1. The average molecular weight is 757 g/mol. The molecule has 0 aromatic heterocycles. The number of primary amides is 3. The average Bonchev–Trinajstić information content (AvgIpc) is 3.15. The van der Waals surface area contributed by atoms with Crippen LogP contribution in [-0.2, 0) is 41.7 Å². The van der Waals surface area contributed by atoms with Gasteiger partial charge in [0, 0.05) is 25.7 Å². The minimum Gasteiger partial charge on any atom is -0.396 e. The third-order valence-corrected chi connectivity index (χ3v) is 6.13. The number of benzene rings is 3. The van der Waals surface area contributed by atoms with E-state index in [9.17, 15) is 4.79 Å². The SMILES string of the molecule is C=O.CC(C)(C)C.CNC(CCOCc1ccccc1)Cc1ccccc1.Cc1ccccc1.NC=O.NC=O.NC=O.O=CCCCCCCCCO. The molecule has 1 atom stereocenters. The molecule has 0 saturated carbocycles. The molecule has 0 bridgehead atoms. The number of aryl methyl sites for hydroxylation is 1. The molecule has 1 unspecified atom stereocenters. The smallest absolute Gasteiger partial charge is 0.204 e. The summed E-state index contributed by atoms with van der Waals surface area (Å²) in [6.07, 6.45) is 11.1. The highest BCUT2D eigenvalue weighted by molar-refractivity contribution is 5.48. The van der Waals surface area contributed by atoms with Gasteiger partial charge in [-0.05, 0) is 56.2 Å². The molecule has 0 fully saturated rings. The standard InChI is InChI=1S/C18H23NO.C9H18O2.C7H8.C5H12.3CH3NO.CH2O/c1-19-18(14-16-8-4-2-5-9-16)12-13-20-15-17-10-6-3-7-11-17;10-8-6-4-2-1-3-5-7-9-11;1-7-5-3-2-4-6-7;1-5(2,3)4;3*2-1-3;1-2/h2-11,18-19H,12-15H2,1H3;8,11H,1-7,9H2;2-6H,1H3;1-4H3;3*1H,(H2,2,3);1H2. The van der Waals surface area contributed by atoms with Gasteiger partial charge in [-0.2, -0.15) is 0 Å². The van der Waals surface area contributed by atoms with Crippen molar-refractivity contribution >= 4 is 32.3 Å². The zero-order valence-corrected chi connectivity index (χ0v) is 33.9. The van der Waals surface area contributed by atoms with Gasteiger partial charge in [-0.15, -0.1) is 0 Å². The molecule has 0 aliphatic carbocycles. The topological polar surface area (TPSA) is 205 Å². The van der Waals surface area contributed by atoms with Crippen molar-refractivity contribution in [1.29, 1.82) is 0 Å². The highest BCUT2D eigenvalue weighted by Crippen LogP contribution is 2.09. The Hall–Kier alpha value is -4.71. The van der Waals surface area contributed by atoms with Crippen LogP contribution in [0.1, 0.15) is 95.8 Å². The number of carbonyl (C=O) groups is 5. The molecule has 0 spiro atoms. The fourth-order valence-corrected chi connectivity index (χ4v) is 3.82. The van der Waals surface area contributed by atoms with E-state index in [1.807, 2.05) is 50.2 Å². The van der Waals surface area contributed by atoms with Crippen molar-refractivity contribution < 1.29 is 33.8 Å². The highest BCUT2D eigenvalue weighted by atomic mass is 16.5. The van der Waals surface area contributed by atoms with Gasteiger partial charge in [-0.1, -0.05) is 150 Å². The number of carbonyl (C=O) groups excluding carboxylic acids is 5. The van der Waals surface area contributed by atoms with E-state index in [2.05, 4.69) is 112 Å². The van der Waals surface area contributed by atoms with Crippen LogP contribution >= 0.6 is 0 Å². The van der Waals surface area contributed by atoms with Crippen LogP contribution in [-0.4, -0.2) is 63.7 Å². The first-order valence-corrected chi connectivity index (χ1v) is 18.1. The summed E-state index contributed by atoms with van der Waals surface area (Å²) in [5.41, 5.74) is 16.9. The predicted molar refractivity (Wildman–Crippen MR) is 223 cm³/mol. The summed E-state index contributed by atoms with van der Waals surface area (Å²) < 4.78 is 5.75. The molecule has 11 heteroatoms. The monoisotopic (exact) mass is 757 g/mol. The van der Waals surface area contributed by atoms with Crippen LogP contribution in [0.5, 0.6) is 0 Å². The van der Waals surface area contributed by atoms with Gasteiger partial charge in [0.2, 0.25) is 19.2 Å². The van der Waals surface area contributed by atoms with Crippen molar-refractivity contribution in [3.8, 4) is 0 Å². The fraction of sp³-hybridized carbons (Fsp3) is 0.465. The molecule has 0 aliphatic heterocycles. The van der Waals surface area contributed by atoms with Crippen molar-refractivity contribution in [2.75, 3.05) is 20.3 Å². The molecule has 0 aliphatic rings. The Morgan fingerprint density at radius 1 is 0.685 bits per heavy atom. The van der Waals surface area contributed by atoms with Crippen LogP contribution in [0.4, 0.5) is 0 Å². The van der Waals surface area contributed by atoms with Crippen LogP contribution < -0.4 is 22.5 Å². The van der Waals surface area contributed by atoms with Crippen LogP contribution in [0.15, 0.2) is 91.0 Å².